The molecule has 0 bridgehead atoms. The molecule has 0 saturated heterocycles. The van der Waals surface area contributed by atoms with Crippen LogP contribution in [0.5, 0.6) is 0 Å². The Balaban J connectivity index is 3.30. The number of carbonyl (C=O) groups is 1. The van der Waals surface area contributed by atoms with Crippen molar-refractivity contribution in [2.24, 2.45) is 5.92 Å². The van der Waals surface area contributed by atoms with Crippen LogP contribution in [0.25, 0.3) is 0 Å². The van der Waals surface area contributed by atoms with Gasteiger partial charge in [-0.1, -0.05) is 143 Å². The minimum absolute atomic E-state index is 0.0241. The summed E-state index contributed by atoms with van der Waals surface area (Å²) in [6, 6.07) is 0. The van der Waals surface area contributed by atoms with Gasteiger partial charge in [0.1, 0.15) is 0 Å². The van der Waals surface area contributed by atoms with Gasteiger partial charge in [0.05, 0.1) is 12.5 Å². The molecular weight excluding hydrogens is 356 g/mol. The number of hydrogen-bond acceptors (Lipinski definition) is 2. The van der Waals surface area contributed by atoms with Crippen LogP contribution in [-0.4, -0.2) is 12.6 Å². The first-order chi connectivity index (χ1) is 14.2. The maximum Gasteiger partial charge on any atom is 0.308 e. The normalized spacial score (nSPS) is 12.2. The summed E-state index contributed by atoms with van der Waals surface area (Å²) >= 11 is 0. The molecule has 29 heavy (non-hydrogen) atoms. The van der Waals surface area contributed by atoms with Gasteiger partial charge in [0.15, 0.2) is 0 Å². The summed E-state index contributed by atoms with van der Waals surface area (Å²) in [5.74, 6) is 0.100. The molecule has 0 fully saturated rings. The van der Waals surface area contributed by atoms with Crippen LogP contribution in [0.2, 0.25) is 0 Å². The highest BCUT2D eigenvalue weighted by Gasteiger charge is 2.13. The van der Waals surface area contributed by atoms with Crippen molar-refractivity contribution in [2.75, 3.05) is 6.61 Å². The zero-order valence-electron chi connectivity index (χ0n) is 20.5. The number of hydrogen-bond donors (Lipinski definition) is 0. The lowest BCUT2D eigenvalue weighted by Gasteiger charge is -2.11. The van der Waals surface area contributed by atoms with Crippen LogP contribution in [0.15, 0.2) is 0 Å². The lowest BCUT2D eigenvalue weighted by molar-refractivity contribution is -0.148. The minimum Gasteiger partial charge on any atom is -0.465 e. The lowest BCUT2D eigenvalue weighted by atomic mass is 10.0. The van der Waals surface area contributed by atoms with Crippen LogP contribution in [0, 0.1) is 5.92 Å². The van der Waals surface area contributed by atoms with E-state index in [1.165, 1.54) is 122 Å². The molecule has 174 valence electrons. The van der Waals surface area contributed by atoms with Gasteiger partial charge in [-0.25, -0.2) is 0 Å². The molecule has 1 unspecified atom stereocenters. The Morgan fingerprint density at radius 3 is 1.31 bits per heavy atom. The van der Waals surface area contributed by atoms with E-state index in [9.17, 15) is 4.79 Å². The van der Waals surface area contributed by atoms with Crippen molar-refractivity contribution in [1.29, 1.82) is 0 Å². The highest BCUT2D eigenvalue weighted by Crippen LogP contribution is 2.15. The predicted octanol–water partition coefficient (Wildman–Crippen LogP) is 9.40. The molecule has 0 spiro atoms. The van der Waals surface area contributed by atoms with E-state index in [0.29, 0.717) is 6.61 Å². The van der Waals surface area contributed by atoms with E-state index in [2.05, 4.69) is 13.8 Å². The molecule has 2 heteroatoms. The summed E-state index contributed by atoms with van der Waals surface area (Å²) < 4.78 is 5.47. The average Bonchev–Trinajstić information content (AvgIpc) is 2.73. The molecule has 0 heterocycles. The largest absolute Gasteiger partial charge is 0.465 e. The maximum atomic E-state index is 12.1. The molecule has 0 saturated carbocycles. The fraction of sp³-hybridized carbons (Fsp3) is 0.963. The Kier molecular flexibility index (Phi) is 23.3. The number of ether oxygens (including phenoxy) is 1. The van der Waals surface area contributed by atoms with E-state index < -0.39 is 0 Å². The SMILES string of the molecule is CCCCCCCCCCCCCCC(C)C(=O)OCCCCCCCCCC. The minimum atomic E-state index is 0.0241. The van der Waals surface area contributed by atoms with Gasteiger partial charge in [0, 0.05) is 0 Å². The highest BCUT2D eigenvalue weighted by molar-refractivity contribution is 5.71. The van der Waals surface area contributed by atoms with Crippen molar-refractivity contribution >= 4 is 5.97 Å². The molecule has 0 aromatic heterocycles. The maximum absolute atomic E-state index is 12.1. The van der Waals surface area contributed by atoms with E-state index in [1.54, 1.807) is 0 Å². The van der Waals surface area contributed by atoms with Crippen molar-refractivity contribution in [3.8, 4) is 0 Å². The van der Waals surface area contributed by atoms with Crippen molar-refractivity contribution < 1.29 is 9.53 Å². The second-order valence-electron chi connectivity index (χ2n) is 9.22. The number of esters is 1. The van der Waals surface area contributed by atoms with Crippen molar-refractivity contribution in [2.45, 2.75) is 156 Å². The van der Waals surface area contributed by atoms with Crippen molar-refractivity contribution in [1.82, 2.24) is 0 Å². The van der Waals surface area contributed by atoms with Crippen LogP contribution in [0.1, 0.15) is 156 Å². The fourth-order valence-electron chi connectivity index (χ4n) is 3.96. The Morgan fingerprint density at radius 2 is 0.897 bits per heavy atom. The van der Waals surface area contributed by atoms with Crippen LogP contribution in [0.4, 0.5) is 0 Å². The standard InChI is InChI=1S/C27H54O2/c1-4-6-8-10-12-14-15-16-17-18-20-22-24-26(3)27(28)29-25-23-21-19-13-11-9-7-5-2/h26H,4-25H2,1-3H3. The average molecular weight is 411 g/mol. The molecule has 0 aliphatic rings. The molecule has 0 aliphatic carbocycles. The molecule has 0 amide bonds. The molecule has 0 radical (unpaired) electrons. The van der Waals surface area contributed by atoms with E-state index in [0.717, 1.165) is 12.8 Å². The van der Waals surface area contributed by atoms with E-state index in [1.807, 2.05) is 6.92 Å². The van der Waals surface area contributed by atoms with Gasteiger partial charge < -0.3 is 4.74 Å². The second kappa shape index (κ2) is 23.7. The summed E-state index contributed by atoms with van der Waals surface area (Å²) in [5, 5.41) is 0. The van der Waals surface area contributed by atoms with E-state index in [4.69, 9.17) is 4.74 Å². The first-order valence-corrected chi connectivity index (χ1v) is 13.4. The van der Waals surface area contributed by atoms with Crippen molar-refractivity contribution in [3.05, 3.63) is 0 Å². The van der Waals surface area contributed by atoms with Gasteiger partial charge in [-0.2, -0.15) is 0 Å². The first-order valence-electron chi connectivity index (χ1n) is 13.4. The summed E-state index contributed by atoms with van der Waals surface area (Å²) in [6.07, 6.45) is 27.7. The molecule has 0 rings (SSSR count). The van der Waals surface area contributed by atoms with Gasteiger partial charge >= 0.3 is 5.97 Å². The quantitative estimate of drug-likeness (QED) is 0.124. The molecule has 0 aliphatic heterocycles. The molecular formula is C27H54O2. The molecule has 2 nitrogen and oxygen atoms in total. The van der Waals surface area contributed by atoms with Crippen LogP contribution < -0.4 is 0 Å². The summed E-state index contributed by atoms with van der Waals surface area (Å²) in [7, 11) is 0. The molecule has 1 atom stereocenters. The molecule has 0 aromatic rings. The Hall–Kier alpha value is -0.530. The number of carbonyl (C=O) groups excluding carboxylic acids is 1. The summed E-state index contributed by atoms with van der Waals surface area (Å²) in [4.78, 5) is 12.1. The second-order valence-corrected chi connectivity index (χ2v) is 9.22. The molecule has 0 N–H and O–H groups in total. The first kappa shape index (κ1) is 28.5. The van der Waals surface area contributed by atoms with Gasteiger partial charge in [-0.05, 0) is 12.8 Å². The van der Waals surface area contributed by atoms with Crippen molar-refractivity contribution in [3.63, 3.8) is 0 Å². The Morgan fingerprint density at radius 1 is 0.552 bits per heavy atom. The van der Waals surface area contributed by atoms with Crippen LogP contribution >= 0.6 is 0 Å². The van der Waals surface area contributed by atoms with Gasteiger partial charge in [0.25, 0.3) is 0 Å². The van der Waals surface area contributed by atoms with Crippen LogP contribution in [-0.2, 0) is 9.53 Å². The van der Waals surface area contributed by atoms with E-state index >= 15 is 0 Å². The third-order valence-electron chi connectivity index (χ3n) is 6.14. The predicted molar refractivity (Wildman–Crippen MR) is 128 cm³/mol. The topological polar surface area (TPSA) is 26.3 Å². The fourth-order valence-corrected chi connectivity index (χ4v) is 3.96. The lowest BCUT2D eigenvalue weighted by Crippen LogP contribution is -2.15. The Labute approximate surface area is 184 Å². The van der Waals surface area contributed by atoms with Gasteiger partial charge in [-0.15, -0.1) is 0 Å². The monoisotopic (exact) mass is 410 g/mol. The smallest absolute Gasteiger partial charge is 0.308 e. The summed E-state index contributed by atoms with van der Waals surface area (Å²) in [5.41, 5.74) is 0. The zero-order chi connectivity index (χ0) is 21.4. The third-order valence-corrected chi connectivity index (χ3v) is 6.14. The molecule has 0 aromatic carbocycles. The Bertz CT molecular complexity index is 326. The van der Waals surface area contributed by atoms with Gasteiger partial charge in [0.2, 0.25) is 0 Å². The highest BCUT2D eigenvalue weighted by atomic mass is 16.5. The third kappa shape index (κ3) is 22.0. The van der Waals surface area contributed by atoms with E-state index in [-0.39, 0.29) is 11.9 Å². The number of rotatable bonds is 23. The number of unbranched alkanes of at least 4 members (excludes halogenated alkanes) is 18. The van der Waals surface area contributed by atoms with Crippen LogP contribution in [0.3, 0.4) is 0 Å². The van der Waals surface area contributed by atoms with Gasteiger partial charge in [-0.3, -0.25) is 4.79 Å². The zero-order valence-corrected chi connectivity index (χ0v) is 20.5. The summed E-state index contributed by atoms with van der Waals surface area (Å²) in [6.45, 7) is 7.19.